The van der Waals surface area contributed by atoms with Gasteiger partial charge in [-0.1, -0.05) is 12.1 Å². The van der Waals surface area contributed by atoms with Gasteiger partial charge in [0.15, 0.2) is 18.1 Å². The molecule has 4 rings (SSSR count). The van der Waals surface area contributed by atoms with Gasteiger partial charge in [0.05, 0.1) is 6.04 Å². The molecular weight excluding hydrogens is 360 g/mol. The zero-order chi connectivity index (χ0) is 19.5. The normalized spacial score (nSPS) is 18.1. The van der Waals surface area contributed by atoms with Crippen molar-refractivity contribution in [2.24, 2.45) is 0 Å². The fourth-order valence-corrected chi connectivity index (χ4v) is 3.38. The van der Waals surface area contributed by atoms with Gasteiger partial charge in [0.1, 0.15) is 19.0 Å². The Hall–Kier alpha value is -3.22. The maximum Gasteiger partial charge on any atom is 0.258 e. The van der Waals surface area contributed by atoms with Gasteiger partial charge in [-0.2, -0.15) is 0 Å². The summed E-state index contributed by atoms with van der Waals surface area (Å²) in [5.74, 6) is 1.68. The molecule has 0 aliphatic carbocycles. The fourth-order valence-electron chi connectivity index (χ4n) is 3.38. The Labute approximate surface area is 163 Å². The molecule has 1 N–H and O–H groups in total. The number of rotatable bonds is 5. The second kappa shape index (κ2) is 7.80. The Kier molecular flexibility index (Phi) is 5.06. The second-order valence-electron chi connectivity index (χ2n) is 6.91. The molecule has 7 nitrogen and oxygen atoms in total. The van der Waals surface area contributed by atoms with Crippen LogP contribution in [0.15, 0.2) is 42.5 Å². The molecule has 0 radical (unpaired) electrons. The molecule has 1 atom stereocenters. The molecule has 1 saturated heterocycles. The molecule has 2 aromatic carbocycles. The summed E-state index contributed by atoms with van der Waals surface area (Å²) in [6.07, 6.45) is 0.255. The number of hydrogen-bond acceptors (Lipinski definition) is 5. The molecule has 0 bridgehead atoms. The molecule has 2 amide bonds. The van der Waals surface area contributed by atoms with E-state index in [0.717, 1.165) is 11.3 Å². The Morgan fingerprint density at radius 3 is 2.82 bits per heavy atom. The van der Waals surface area contributed by atoms with Crippen LogP contribution in [0.4, 0.5) is 5.69 Å². The minimum atomic E-state index is -0.255. The Balaban J connectivity index is 1.33. The zero-order valence-corrected chi connectivity index (χ0v) is 15.6. The first kappa shape index (κ1) is 18.2. The average Bonchev–Trinajstić information content (AvgIpc) is 3.06. The van der Waals surface area contributed by atoms with Crippen LogP contribution >= 0.6 is 0 Å². The number of aryl methyl sites for hydroxylation is 1. The van der Waals surface area contributed by atoms with Crippen LogP contribution in [0, 0.1) is 6.92 Å². The summed E-state index contributed by atoms with van der Waals surface area (Å²) in [6.45, 7) is 3.30. The first-order valence-electron chi connectivity index (χ1n) is 9.27. The highest BCUT2D eigenvalue weighted by Gasteiger charge is 2.32. The summed E-state index contributed by atoms with van der Waals surface area (Å²) in [5, 5.41) is 2.87. The monoisotopic (exact) mass is 382 g/mol. The first-order valence-corrected chi connectivity index (χ1v) is 9.27. The van der Waals surface area contributed by atoms with Crippen LogP contribution in [-0.4, -0.2) is 44.2 Å². The van der Waals surface area contributed by atoms with Gasteiger partial charge < -0.3 is 24.4 Å². The van der Waals surface area contributed by atoms with E-state index in [1.54, 1.807) is 17.0 Å². The predicted octanol–water partition coefficient (Wildman–Crippen LogP) is 2.07. The van der Waals surface area contributed by atoms with Gasteiger partial charge in [-0.25, -0.2) is 0 Å². The maximum atomic E-state index is 12.4. The van der Waals surface area contributed by atoms with E-state index < -0.39 is 0 Å². The van der Waals surface area contributed by atoms with Crippen molar-refractivity contribution >= 4 is 17.5 Å². The molecule has 146 valence electrons. The Bertz CT molecular complexity index is 898. The number of hydrogen-bond donors (Lipinski definition) is 1. The van der Waals surface area contributed by atoms with Crippen molar-refractivity contribution in [3.05, 3.63) is 48.0 Å². The van der Waals surface area contributed by atoms with E-state index in [0.29, 0.717) is 37.0 Å². The van der Waals surface area contributed by atoms with Crippen molar-refractivity contribution in [2.75, 3.05) is 31.3 Å². The number of benzene rings is 2. The van der Waals surface area contributed by atoms with Gasteiger partial charge in [0.2, 0.25) is 5.91 Å². The van der Waals surface area contributed by atoms with Gasteiger partial charge in [0, 0.05) is 24.7 Å². The quantitative estimate of drug-likeness (QED) is 0.857. The number of nitrogens with zero attached hydrogens (tertiary/aromatic N) is 1. The van der Waals surface area contributed by atoms with E-state index >= 15 is 0 Å². The molecule has 2 aromatic rings. The number of anilines is 1. The largest absolute Gasteiger partial charge is 0.486 e. The highest BCUT2D eigenvalue weighted by molar-refractivity contribution is 5.97. The van der Waals surface area contributed by atoms with Crippen molar-refractivity contribution in [1.29, 1.82) is 0 Å². The first-order chi connectivity index (χ1) is 13.6. The van der Waals surface area contributed by atoms with Crippen molar-refractivity contribution in [3.63, 3.8) is 0 Å². The standard InChI is InChI=1S/C21H22N2O5/c1-14-3-2-4-17(9-14)28-13-20(24)22-15-10-21(25)23(12-15)16-5-6-18-19(11-16)27-8-7-26-18/h2-6,9,11,15H,7-8,10,12-13H2,1H3,(H,22,24)/t15-/m1/s1. The van der Waals surface area contributed by atoms with Crippen LogP contribution in [-0.2, 0) is 9.59 Å². The van der Waals surface area contributed by atoms with E-state index in [-0.39, 0.29) is 30.9 Å². The molecule has 2 aliphatic heterocycles. The van der Waals surface area contributed by atoms with Gasteiger partial charge in [-0.3, -0.25) is 9.59 Å². The third kappa shape index (κ3) is 4.03. The van der Waals surface area contributed by atoms with Crippen LogP contribution in [0.1, 0.15) is 12.0 Å². The molecule has 2 heterocycles. The van der Waals surface area contributed by atoms with E-state index in [9.17, 15) is 9.59 Å². The summed E-state index contributed by atoms with van der Waals surface area (Å²) < 4.78 is 16.6. The SMILES string of the molecule is Cc1cccc(OCC(=O)N[C@@H]2CC(=O)N(c3ccc4c(c3)OCCO4)C2)c1. The predicted molar refractivity (Wildman–Crippen MR) is 103 cm³/mol. The number of carbonyl (C=O) groups excluding carboxylic acids is 2. The van der Waals surface area contributed by atoms with Crippen LogP contribution in [0.2, 0.25) is 0 Å². The van der Waals surface area contributed by atoms with Crippen molar-refractivity contribution in [3.8, 4) is 17.2 Å². The van der Waals surface area contributed by atoms with Gasteiger partial charge in [-0.05, 0) is 36.8 Å². The molecular formula is C21H22N2O5. The minimum Gasteiger partial charge on any atom is -0.486 e. The van der Waals surface area contributed by atoms with Crippen LogP contribution < -0.4 is 24.4 Å². The highest BCUT2D eigenvalue weighted by atomic mass is 16.6. The molecule has 0 spiro atoms. The molecule has 0 aromatic heterocycles. The molecule has 0 unspecified atom stereocenters. The average molecular weight is 382 g/mol. The number of nitrogens with one attached hydrogen (secondary N) is 1. The van der Waals surface area contributed by atoms with E-state index in [1.165, 1.54) is 0 Å². The lowest BCUT2D eigenvalue weighted by molar-refractivity contribution is -0.123. The van der Waals surface area contributed by atoms with Crippen molar-refractivity contribution < 1.29 is 23.8 Å². The van der Waals surface area contributed by atoms with E-state index in [4.69, 9.17) is 14.2 Å². The summed E-state index contributed by atoms with van der Waals surface area (Å²) >= 11 is 0. The number of amides is 2. The van der Waals surface area contributed by atoms with E-state index in [2.05, 4.69) is 5.32 Å². The van der Waals surface area contributed by atoms with Crippen LogP contribution in [0.5, 0.6) is 17.2 Å². The molecule has 1 fully saturated rings. The Morgan fingerprint density at radius 1 is 1.18 bits per heavy atom. The molecule has 7 heteroatoms. The number of fused-ring (bicyclic) bond motifs is 1. The summed E-state index contributed by atoms with van der Waals surface area (Å²) in [5.41, 5.74) is 1.80. The van der Waals surface area contributed by atoms with Crippen molar-refractivity contribution in [2.45, 2.75) is 19.4 Å². The topological polar surface area (TPSA) is 77.1 Å². The zero-order valence-electron chi connectivity index (χ0n) is 15.6. The fraction of sp³-hybridized carbons (Fsp3) is 0.333. The van der Waals surface area contributed by atoms with Crippen molar-refractivity contribution in [1.82, 2.24) is 5.32 Å². The number of ether oxygens (including phenoxy) is 3. The Morgan fingerprint density at radius 2 is 2.00 bits per heavy atom. The smallest absolute Gasteiger partial charge is 0.258 e. The maximum absolute atomic E-state index is 12.4. The highest BCUT2D eigenvalue weighted by Crippen LogP contribution is 2.35. The van der Waals surface area contributed by atoms with E-state index in [1.807, 2.05) is 37.3 Å². The summed E-state index contributed by atoms with van der Waals surface area (Å²) in [4.78, 5) is 26.3. The lowest BCUT2D eigenvalue weighted by atomic mass is 10.2. The lowest BCUT2D eigenvalue weighted by Gasteiger charge is -2.22. The second-order valence-corrected chi connectivity index (χ2v) is 6.91. The van der Waals surface area contributed by atoms with Crippen LogP contribution in [0.25, 0.3) is 0 Å². The third-order valence-electron chi connectivity index (χ3n) is 4.69. The summed E-state index contributed by atoms with van der Waals surface area (Å²) in [6, 6.07) is 12.7. The number of carbonyl (C=O) groups is 2. The lowest BCUT2D eigenvalue weighted by Crippen LogP contribution is -2.39. The molecule has 0 saturated carbocycles. The third-order valence-corrected chi connectivity index (χ3v) is 4.69. The van der Waals surface area contributed by atoms with Gasteiger partial charge in [0.25, 0.3) is 5.91 Å². The van der Waals surface area contributed by atoms with Crippen LogP contribution in [0.3, 0.4) is 0 Å². The van der Waals surface area contributed by atoms with Gasteiger partial charge >= 0.3 is 0 Å². The summed E-state index contributed by atoms with van der Waals surface area (Å²) in [7, 11) is 0. The van der Waals surface area contributed by atoms with Gasteiger partial charge in [-0.15, -0.1) is 0 Å². The molecule has 28 heavy (non-hydrogen) atoms. The molecule has 2 aliphatic rings. The minimum absolute atomic E-state index is 0.0402.